The van der Waals surface area contributed by atoms with Gasteiger partial charge in [0.1, 0.15) is 6.04 Å². The number of rotatable bonds is 15. The SMILES string of the molecule is CC(NOCc1ccccc1)C(CCCc1ccccc1)C(=O)NC(C(=O)NCCN1CCOCC1)C(C)(C)C. The van der Waals surface area contributed by atoms with Crippen LogP contribution >= 0.6 is 0 Å². The van der Waals surface area contributed by atoms with Gasteiger partial charge in [-0.25, -0.2) is 0 Å². The first-order chi connectivity index (χ1) is 19.2. The van der Waals surface area contributed by atoms with Gasteiger partial charge in [0, 0.05) is 32.2 Å². The van der Waals surface area contributed by atoms with Gasteiger partial charge < -0.3 is 15.4 Å². The quantitative estimate of drug-likeness (QED) is 0.292. The fourth-order valence-corrected chi connectivity index (χ4v) is 4.88. The Balaban J connectivity index is 1.60. The molecule has 3 N–H and O–H groups in total. The van der Waals surface area contributed by atoms with Crippen LogP contribution in [0.4, 0.5) is 0 Å². The number of carbonyl (C=O) groups is 2. The van der Waals surface area contributed by atoms with Gasteiger partial charge in [-0.1, -0.05) is 81.4 Å². The molecule has 2 aromatic carbocycles. The minimum absolute atomic E-state index is 0.139. The third kappa shape index (κ3) is 11.0. The zero-order valence-electron chi connectivity index (χ0n) is 24.7. The molecule has 3 rings (SSSR count). The van der Waals surface area contributed by atoms with Crippen molar-refractivity contribution in [2.24, 2.45) is 11.3 Å². The summed E-state index contributed by atoms with van der Waals surface area (Å²) in [7, 11) is 0. The van der Waals surface area contributed by atoms with Crippen molar-refractivity contribution in [2.75, 3.05) is 39.4 Å². The Hall–Kier alpha value is -2.78. The number of nitrogens with one attached hydrogen (secondary N) is 3. The van der Waals surface area contributed by atoms with Gasteiger partial charge in [-0.15, -0.1) is 0 Å². The molecule has 1 aliphatic rings. The van der Waals surface area contributed by atoms with Crippen LogP contribution in [0.15, 0.2) is 60.7 Å². The zero-order chi connectivity index (χ0) is 28.8. The van der Waals surface area contributed by atoms with Gasteiger partial charge in [0.2, 0.25) is 11.8 Å². The van der Waals surface area contributed by atoms with Gasteiger partial charge in [-0.3, -0.25) is 19.3 Å². The average molecular weight is 553 g/mol. The van der Waals surface area contributed by atoms with Crippen molar-refractivity contribution in [3.05, 3.63) is 71.8 Å². The smallest absolute Gasteiger partial charge is 0.243 e. The van der Waals surface area contributed by atoms with E-state index in [9.17, 15) is 9.59 Å². The number of hydroxylamine groups is 1. The highest BCUT2D eigenvalue weighted by atomic mass is 16.6. The highest BCUT2D eigenvalue weighted by Gasteiger charge is 2.35. The molecular formula is C32H48N4O4. The molecule has 2 amide bonds. The number of amides is 2. The fourth-order valence-electron chi connectivity index (χ4n) is 4.88. The second-order valence-corrected chi connectivity index (χ2v) is 11.7. The van der Waals surface area contributed by atoms with Crippen molar-refractivity contribution in [3.63, 3.8) is 0 Å². The van der Waals surface area contributed by atoms with Crippen molar-refractivity contribution in [1.82, 2.24) is 21.0 Å². The van der Waals surface area contributed by atoms with Crippen LogP contribution in [0.5, 0.6) is 0 Å². The van der Waals surface area contributed by atoms with E-state index in [4.69, 9.17) is 9.57 Å². The Morgan fingerprint density at radius 1 is 0.950 bits per heavy atom. The lowest BCUT2D eigenvalue weighted by atomic mass is 9.85. The summed E-state index contributed by atoms with van der Waals surface area (Å²) in [5, 5.41) is 6.15. The molecule has 1 heterocycles. The van der Waals surface area contributed by atoms with Gasteiger partial charge in [0.05, 0.1) is 25.7 Å². The lowest BCUT2D eigenvalue weighted by Gasteiger charge is -2.33. The molecule has 3 unspecified atom stereocenters. The first-order valence-electron chi connectivity index (χ1n) is 14.6. The molecule has 0 saturated carbocycles. The number of hydrogen-bond donors (Lipinski definition) is 3. The van der Waals surface area contributed by atoms with Gasteiger partial charge in [0.25, 0.3) is 0 Å². The van der Waals surface area contributed by atoms with E-state index in [-0.39, 0.29) is 23.8 Å². The number of hydrogen-bond acceptors (Lipinski definition) is 6. The van der Waals surface area contributed by atoms with E-state index >= 15 is 0 Å². The molecule has 2 aromatic rings. The lowest BCUT2D eigenvalue weighted by molar-refractivity contribution is -0.135. The summed E-state index contributed by atoms with van der Waals surface area (Å²) in [6, 6.07) is 19.3. The molecule has 1 saturated heterocycles. The predicted molar refractivity (Wildman–Crippen MR) is 158 cm³/mol. The lowest BCUT2D eigenvalue weighted by Crippen LogP contribution is -2.57. The Morgan fingerprint density at radius 2 is 1.57 bits per heavy atom. The largest absolute Gasteiger partial charge is 0.379 e. The van der Waals surface area contributed by atoms with Gasteiger partial charge in [-0.05, 0) is 42.7 Å². The van der Waals surface area contributed by atoms with Crippen molar-refractivity contribution in [2.45, 2.75) is 65.6 Å². The van der Waals surface area contributed by atoms with Crippen LogP contribution in [-0.2, 0) is 32.2 Å². The maximum atomic E-state index is 13.7. The molecule has 0 aromatic heterocycles. The minimum atomic E-state index is -0.654. The molecule has 3 atom stereocenters. The molecule has 1 aliphatic heterocycles. The summed E-state index contributed by atoms with van der Waals surface area (Å²) in [6.45, 7) is 12.8. The Labute approximate surface area is 240 Å². The summed E-state index contributed by atoms with van der Waals surface area (Å²) in [5.41, 5.74) is 4.94. The van der Waals surface area contributed by atoms with E-state index in [2.05, 4.69) is 33.1 Å². The number of nitrogens with zero attached hydrogens (tertiary/aromatic N) is 1. The molecule has 8 heteroatoms. The van der Waals surface area contributed by atoms with Crippen molar-refractivity contribution in [3.8, 4) is 0 Å². The van der Waals surface area contributed by atoms with Crippen molar-refractivity contribution < 1.29 is 19.2 Å². The van der Waals surface area contributed by atoms with E-state index in [0.717, 1.165) is 51.3 Å². The molecule has 0 bridgehead atoms. The fraction of sp³-hybridized carbons (Fsp3) is 0.562. The van der Waals surface area contributed by atoms with Crippen LogP contribution in [0.3, 0.4) is 0 Å². The molecule has 40 heavy (non-hydrogen) atoms. The Kier molecular flexibility index (Phi) is 13.1. The number of carbonyl (C=O) groups excluding carboxylic acids is 2. The van der Waals surface area contributed by atoms with E-state index in [1.54, 1.807) is 0 Å². The molecular weight excluding hydrogens is 504 g/mol. The molecule has 0 spiro atoms. The highest BCUT2D eigenvalue weighted by molar-refractivity contribution is 5.89. The first-order valence-corrected chi connectivity index (χ1v) is 14.6. The van der Waals surface area contributed by atoms with Gasteiger partial charge in [-0.2, -0.15) is 5.48 Å². The minimum Gasteiger partial charge on any atom is -0.379 e. The van der Waals surface area contributed by atoms with Crippen LogP contribution < -0.4 is 16.1 Å². The van der Waals surface area contributed by atoms with E-state index in [0.29, 0.717) is 19.6 Å². The third-order valence-electron chi connectivity index (χ3n) is 7.36. The van der Waals surface area contributed by atoms with Crippen LogP contribution in [-0.4, -0.2) is 68.2 Å². The maximum Gasteiger partial charge on any atom is 0.243 e. The normalized spacial score (nSPS) is 16.6. The number of aryl methyl sites for hydroxylation is 1. The maximum absolute atomic E-state index is 13.7. The molecule has 8 nitrogen and oxygen atoms in total. The number of ether oxygens (including phenoxy) is 1. The average Bonchev–Trinajstić information content (AvgIpc) is 2.95. The molecule has 1 fully saturated rings. The topological polar surface area (TPSA) is 91.9 Å². The molecule has 0 aliphatic carbocycles. The van der Waals surface area contributed by atoms with E-state index in [1.165, 1.54) is 5.56 Å². The second-order valence-electron chi connectivity index (χ2n) is 11.7. The summed E-state index contributed by atoms with van der Waals surface area (Å²) >= 11 is 0. The van der Waals surface area contributed by atoms with Gasteiger partial charge >= 0.3 is 0 Å². The van der Waals surface area contributed by atoms with Crippen LogP contribution in [0, 0.1) is 11.3 Å². The van der Waals surface area contributed by atoms with Crippen LogP contribution in [0.1, 0.15) is 51.7 Å². The third-order valence-corrected chi connectivity index (χ3v) is 7.36. The zero-order valence-corrected chi connectivity index (χ0v) is 24.7. The van der Waals surface area contributed by atoms with E-state index in [1.807, 2.05) is 76.2 Å². The highest BCUT2D eigenvalue weighted by Crippen LogP contribution is 2.22. The monoisotopic (exact) mass is 552 g/mol. The van der Waals surface area contributed by atoms with Crippen molar-refractivity contribution >= 4 is 11.8 Å². The van der Waals surface area contributed by atoms with Crippen LogP contribution in [0.25, 0.3) is 0 Å². The van der Waals surface area contributed by atoms with Crippen LogP contribution in [0.2, 0.25) is 0 Å². The summed E-state index contributed by atoms with van der Waals surface area (Å²) in [4.78, 5) is 35.1. The Bertz CT molecular complexity index is 1010. The standard InChI is InChI=1S/C32H48N4O4/c1-25(35-40-24-27-14-9-6-10-15-27)28(17-11-16-26-12-7-5-8-13-26)30(37)34-29(32(2,3)4)31(38)33-18-19-36-20-22-39-23-21-36/h5-10,12-15,25,28-29,35H,11,16-24H2,1-4H3,(H,33,38)(H,34,37). The summed E-state index contributed by atoms with van der Waals surface area (Å²) in [5.74, 6) is -0.664. The predicted octanol–water partition coefficient (Wildman–Crippen LogP) is 3.71. The second kappa shape index (κ2) is 16.5. The first kappa shape index (κ1) is 31.7. The number of morpholine rings is 1. The molecule has 220 valence electrons. The Morgan fingerprint density at radius 3 is 2.20 bits per heavy atom. The van der Waals surface area contributed by atoms with Gasteiger partial charge in [0.15, 0.2) is 0 Å². The summed E-state index contributed by atoms with van der Waals surface area (Å²) in [6.07, 6.45) is 2.39. The van der Waals surface area contributed by atoms with E-state index < -0.39 is 11.5 Å². The van der Waals surface area contributed by atoms with Crippen molar-refractivity contribution in [1.29, 1.82) is 0 Å². The summed E-state index contributed by atoms with van der Waals surface area (Å²) < 4.78 is 5.40. The molecule has 0 radical (unpaired) electrons. The number of benzene rings is 2.